The highest BCUT2D eigenvalue weighted by Gasteiger charge is 2.10. The zero-order valence-corrected chi connectivity index (χ0v) is 10.5. The van der Waals surface area contributed by atoms with E-state index in [1.165, 1.54) is 0 Å². The highest BCUT2D eigenvalue weighted by molar-refractivity contribution is 9.10. The Morgan fingerprint density at radius 3 is 2.88 bits per heavy atom. The molecule has 0 saturated carbocycles. The van der Waals surface area contributed by atoms with Crippen LogP contribution in [-0.4, -0.2) is 12.6 Å². The Kier molecular flexibility index (Phi) is 4.71. The molecule has 1 atom stereocenters. The lowest BCUT2D eigenvalue weighted by Crippen LogP contribution is -2.19. The van der Waals surface area contributed by atoms with E-state index in [1.807, 2.05) is 13.0 Å². The van der Waals surface area contributed by atoms with Gasteiger partial charge in [-0.1, -0.05) is 0 Å². The number of hydrogen-bond donors (Lipinski definition) is 2. The van der Waals surface area contributed by atoms with E-state index in [1.54, 1.807) is 12.1 Å². The zero-order valence-electron chi connectivity index (χ0n) is 8.93. The molecule has 0 heterocycles. The zero-order chi connectivity index (χ0) is 12.1. The van der Waals surface area contributed by atoms with Crippen molar-refractivity contribution in [2.24, 2.45) is 5.73 Å². The van der Waals surface area contributed by atoms with Crippen molar-refractivity contribution in [2.45, 2.75) is 19.4 Å². The number of anilines is 1. The maximum absolute atomic E-state index is 13.7. The van der Waals surface area contributed by atoms with Crippen molar-refractivity contribution in [2.75, 3.05) is 11.9 Å². The lowest BCUT2D eigenvalue weighted by molar-refractivity contribution is 0.620. The molecule has 0 radical (unpaired) electrons. The van der Waals surface area contributed by atoms with Gasteiger partial charge in [0.1, 0.15) is 6.07 Å². The molecular formula is C11H13BrFN3. The van der Waals surface area contributed by atoms with Crippen LogP contribution in [0.5, 0.6) is 0 Å². The number of nitrogens with one attached hydrogen (secondary N) is 1. The van der Waals surface area contributed by atoms with Gasteiger partial charge in [-0.2, -0.15) is 5.26 Å². The highest BCUT2D eigenvalue weighted by Crippen LogP contribution is 2.26. The van der Waals surface area contributed by atoms with Crippen molar-refractivity contribution < 1.29 is 4.39 Å². The standard InChI is InChI=1S/C11H13BrFN3/c1-7(15)4-5-16-9-3-2-8(6-14)10(12)11(9)13/h2-3,7,16H,4-5,15H2,1H3. The second-order valence-corrected chi connectivity index (χ2v) is 4.39. The van der Waals surface area contributed by atoms with E-state index >= 15 is 0 Å². The third-order valence-corrected chi connectivity index (χ3v) is 2.89. The molecule has 86 valence electrons. The molecule has 0 aromatic heterocycles. The number of benzene rings is 1. The summed E-state index contributed by atoms with van der Waals surface area (Å²) in [7, 11) is 0. The number of halogens is 2. The molecule has 0 aliphatic heterocycles. The lowest BCUT2D eigenvalue weighted by Gasteiger charge is -2.10. The average Bonchev–Trinajstić information content (AvgIpc) is 2.24. The first-order valence-corrected chi connectivity index (χ1v) is 5.73. The number of rotatable bonds is 4. The molecule has 0 fully saturated rings. The first-order valence-electron chi connectivity index (χ1n) is 4.93. The van der Waals surface area contributed by atoms with Crippen molar-refractivity contribution in [1.82, 2.24) is 0 Å². The summed E-state index contributed by atoms with van der Waals surface area (Å²) < 4.78 is 13.9. The third kappa shape index (κ3) is 3.19. The van der Waals surface area contributed by atoms with Crippen LogP contribution in [0.25, 0.3) is 0 Å². The van der Waals surface area contributed by atoms with Gasteiger partial charge >= 0.3 is 0 Å². The second-order valence-electron chi connectivity index (χ2n) is 3.59. The largest absolute Gasteiger partial charge is 0.383 e. The maximum Gasteiger partial charge on any atom is 0.161 e. The Bertz CT molecular complexity index is 412. The predicted octanol–water partition coefficient (Wildman–Crippen LogP) is 2.61. The molecule has 0 spiro atoms. The molecule has 0 aliphatic carbocycles. The SMILES string of the molecule is CC(N)CCNc1ccc(C#N)c(Br)c1F. The Morgan fingerprint density at radius 1 is 1.62 bits per heavy atom. The predicted molar refractivity (Wildman–Crippen MR) is 65.6 cm³/mol. The van der Waals surface area contributed by atoms with Crippen molar-refractivity contribution in [3.63, 3.8) is 0 Å². The summed E-state index contributed by atoms with van der Waals surface area (Å²) >= 11 is 3.05. The first kappa shape index (κ1) is 12.9. The average molecular weight is 286 g/mol. The van der Waals surface area contributed by atoms with Crippen molar-refractivity contribution in [3.05, 3.63) is 28.0 Å². The third-order valence-electron chi connectivity index (χ3n) is 2.12. The second kappa shape index (κ2) is 5.83. The van der Waals surface area contributed by atoms with Gasteiger partial charge in [0, 0.05) is 12.6 Å². The Balaban J connectivity index is 2.76. The molecule has 0 amide bonds. The summed E-state index contributed by atoms with van der Waals surface area (Å²) in [6.45, 7) is 2.50. The van der Waals surface area contributed by atoms with Crippen molar-refractivity contribution >= 4 is 21.6 Å². The summed E-state index contributed by atoms with van der Waals surface area (Å²) in [4.78, 5) is 0. The Labute approximate surface area is 103 Å². The minimum absolute atomic E-state index is 0.0809. The minimum atomic E-state index is -0.441. The molecular weight excluding hydrogens is 273 g/mol. The van der Waals surface area contributed by atoms with Gasteiger partial charge < -0.3 is 11.1 Å². The van der Waals surface area contributed by atoms with Crippen LogP contribution in [0.15, 0.2) is 16.6 Å². The van der Waals surface area contributed by atoms with E-state index in [0.717, 1.165) is 6.42 Å². The Hall–Kier alpha value is -1.12. The summed E-state index contributed by atoms with van der Waals surface area (Å²) in [5, 5.41) is 11.6. The highest BCUT2D eigenvalue weighted by atomic mass is 79.9. The van der Waals surface area contributed by atoms with Gasteiger partial charge in [-0.25, -0.2) is 4.39 Å². The van der Waals surface area contributed by atoms with E-state index in [0.29, 0.717) is 12.2 Å². The van der Waals surface area contributed by atoms with Gasteiger partial charge in [-0.3, -0.25) is 0 Å². The van der Waals surface area contributed by atoms with Crippen LogP contribution in [0.3, 0.4) is 0 Å². The molecule has 16 heavy (non-hydrogen) atoms. The molecule has 3 N–H and O–H groups in total. The quantitative estimate of drug-likeness (QED) is 0.894. The molecule has 1 unspecified atom stereocenters. The van der Waals surface area contributed by atoms with Crippen LogP contribution in [0, 0.1) is 17.1 Å². The van der Waals surface area contributed by atoms with Gasteiger partial charge in [-0.05, 0) is 41.4 Å². The van der Waals surface area contributed by atoms with E-state index in [2.05, 4.69) is 21.2 Å². The number of nitrogens with zero attached hydrogens (tertiary/aromatic N) is 1. The lowest BCUT2D eigenvalue weighted by atomic mass is 10.2. The summed E-state index contributed by atoms with van der Waals surface area (Å²) in [6.07, 6.45) is 0.761. The number of nitriles is 1. The van der Waals surface area contributed by atoms with Gasteiger partial charge in [0.05, 0.1) is 15.7 Å². The van der Waals surface area contributed by atoms with Crippen molar-refractivity contribution in [1.29, 1.82) is 5.26 Å². The topological polar surface area (TPSA) is 61.8 Å². The van der Waals surface area contributed by atoms with E-state index in [9.17, 15) is 4.39 Å². The van der Waals surface area contributed by atoms with Gasteiger partial charge in [0.25, 0.3) is 0 Å². The van der Waals surface area contributed by atoms with Crippen LogP contribution in [0.1, 0.15) is 18.9 Å². The number of nitrogens with two attached hydrogens (primary N) is 1. The summed E-state index contributed by atoms with van der Waals surface area (Å²) in [6, 6.07) is 5.11. The minimum Gasteiger partial charge on any atom is -0.383 e. The van der Waals surface area contributed by atoms with E-state index in [-0.39, 0.29) is 16.1 Å². The van der Waals surface area contributed by atoms with Crippen molar-refractivity contribution in [3.8, 4) is 6.07 Å². The van der Waals surface area contributed by atoms with Crippen LogP contribution in [-0.2, 0) is 0 Å². The van der Waals surface area contributed by atoms with E-state index < -0.39 is 5.82 Å². The molecule has 0 saturated heterocycles. The van der Waals surface area contributed by atoms with Crippen LogP contribution in [0.2, 0.25) is 0 Å². The van der Waals surface area contributed by atoms with Gasteiger partial charge in [0.2, 0.25) is 0 Å². The molecule has 0 aliphatic rings. The maximum atomic E-state index is 13.7. The monoisotopic (exact) mass is 285 g/mol. The van der Waals surface area contributed by atoms with Gasteiger partial charge in [0.15, 0.2) is 5.82 Å². The fourth-order valence-corrected chi connectivity index (χ4v) is 1.64. The number of hydrogen-bond acceptors (Lipinski definition) is 3. The normalized spacial score (nSPS) is 11.9. The van der Waals surface area contributed by atoms with Crippen LogP contribution in [0.4, 0.5) is 10.1 Å². The molecule has 5 heteroatoms. The van der Waals surface area contributed by atoms with Crippen LogP contribution < -0.4 is 11.1 Å². The fraction of sp³-hybridized carbons (Fsp3) is 0.364. The Morgan fingerprint density at radius 2 is 2.31 bits per heavy atom. The van der Waals surface area contributed by atoms with Gasteiger partial charge in [-0.15, -0.1) is 0 Å². The smallest absolute Gasteiger partial charge is 0.161 e. The van der Waals surface area contributed by atoms with Crippen LogP contribution >= 0.6 is 15.9 Å². The summed E-state index contributed by atoms with van der Waals surface area (Å²) in [5.74, 6) is -0.441. The molecule has 1 aromatic carbocycles. The fourth-order valence-electron chi connectivity index (χ4n) is 1.21. The van der Waals surface area contributed by atoms with E-state index in [4.69, 9.17) is 11.0 Å². The molecule has 3 nitrogen and oxygen atoms in total. The first-order chi connectivity index (χ1) is 7.56. The molecule has 0 bridgehead atoms. The molecule has 1 rings (SSSR count). The summed E-state index contributed by atoms with van der Waals surface area (Å²) in [5.41, 5.74) is 6.25. The molecule has 1 aromatic rings.